The lowest BCUT2D eigenvalue weighted by Gasteiger charge is -2.34. The maximum Gasteiger partial charge on any atom is 0.338 e. The van der Waals surface area contributed by atoms with Crippen LogP contribution in [0.15, 0.2) is 60.7 Å². The summed E-state index contributed by atoms with van der Waals surface area (Å²) in [5, 5.41) is 31.5. The summed E-state index contributed by atoms with van der Waals surface area (Å²) in [5.41, 5.74) is -3.09. The molecule has 2 rings (SSSR count). The largest absolute Gasteiger partial charge is 0.459 e. The molecule has 3 atom stereocenters. The van der Waals surface area contributed by atoms with Gasteiger partial charge in [0, 0.05) is 12.5 Å². The Balaban J connectivity index is 2.31. The van der Waals surface area contributed by atoms with Crippen molar-refractivity contribution in [3.05, 3.63) is 71.8 Å². The molecule has 3 N–H and O–H groups in total. The number of Topliss-reactive ketones (excluding diaryl/α,β-unsaturated/α-hetero) is 3. The molecule has 8 nitrogen and oxygen atoms in total. The van der Waals surface area contributed by atoms with E-state index in [0.29, 0.717) is 0 Å². The smallest absolute Gasteiger partial charge is 0.338 e. The number of rotatable bonds is 9. The van der Waals surface area contributed by atoms with Crippen molar-refractivity contribution in [2.75, 3.05) is 6.61 Å². The normalized spacial score (nSPS) is 14.9. The van der Waals surface area contributed by atoms with Gasteiger partial charge in [-0.15, -0.1) is 0 Å². The average Bonchev–Trinajstić information content (AvgIpc) is 2.76. The number of hydrogen-bond acceptors (Lipinski definition) is 8. The number of benzene rings is 2. The fourth-order valence-electron chi connectivity index (χ4n) is 2.61. The first-order valence-electron chi connectivity index (χ1n) is 8.64. The number of carbonyl (C=O) groups is 4. The first-order chi connectivity index (χ1) is 13.7. The molecule has 0 bridgehead atoms. The predicted octanol–water partition coefficient (Wildman–Crippen LogP) is 0.337. The maximum absolute atomic E-state index is 12.8. The van der Waals surface area contributed by atoms with Gasteiger partial charge in [-0.05, 0) is 12.1 Å². The van der Waals surface area contributed by atoms with Gasteiger partial charge in [0.25, 0.3) is 0 Å². The second-order valence-corrected chi connectivity index (χ2v) is 6.32. The van der Waals surface area contributed by atoms with Crippen molar-refractivity contribution in [2.24, 2.45) is 0 Å². The molecule has 0 saturated carbocycles. The summed E-state index contributed by atoms with van der Waals surface area (Å²) < 4.78 is 4.90. The first-order valence-corrected chi connectivity index (χ1v) is 8.64. The average molecular weight is 400 g/mol. The van der Waals surface area contributed by atoms with Crippen molar-refractivity contribution in [1.82, 2.24) is 0 Å². The van der Waals surface area contributed by atoms with Gasteiger partial charge in [0.1, 0.15) is 12.7 Å². The van der Waals surface area contributed by atoms with Gasteiger partial charge in [0.05, 0.1) is 5.56 Å². The molecule has 0 aliphatic heterocycles. The van der Waals surface area contributed by atoms with Gasteiger partial charge in [0.15, 0.2) is 23.3 Å². The molecule has 0 radical (unpaired) electrons. The highest BCUT2D eigenvalue weighted by Gasteiger charge is 2.53. The third-order valence-electron chi connectivity index (χ3n) is 4.30. The van der Waals surface area contributed by atoms with Crippen LogP contribution in [0.25, 0.3) is 0 Å². The molecular formula is C21H20O8. The number of ether oxygens (including phenoxy) is 1. The number of hydrogen-bond donors (Lipinski definition) is 3. The summed E-state index contributed by atoms with van der Waals surface area (Å²) in [6, 6.07) is 14.8. The molecule has 2 aromatic carbocycles. The Morgan fingerprint density at radius 2 is 1.38 bits per heavy atom. The summed E-state index contributed by atoms with van der Waals surface area (Å²) in [5.74, 6) is -4.65. The fraction of sp³-hybridized carbons (Fsp3) is 0.238. The summed E-state index contributed by atoms with van der Waals surface area (Å²) >= 11 is 0. The van der Waals surface area contributed by atoms with E-state index < -0.39 is 47.7 Å². The van der Waals surface area contributed by atoms with Gasteiger partial charge < -0.3 is 20.1 Å². The van der Waals surface area contributed by atoms with Gasteiger partial charge >= 0.3 is 5.97 Å². The Hall–Kier alpha value is -3.20. The Morgan fingerprint density at radius 3 is 1.86 bits per heavy atom. The van der Waals surface area contributed by atoms with Crippen molar-refractivity contribution < 1.29 is 39.2 Å². The van der Waals surface area contributed by atoms with E-state index in [-0.39, 0.29) is 11.1 Å². The summed E-state index contributed by atoms with van der Waals surface area (Å²) in [4.78, 5) is 48.2. The maximum atomic E-state index is 12.8. The molecule has 152 valence electrons. The molecule has 8 heteroatoms. The molecule has 0 saturated heterocycles. The third kappa shape index (κ3) is 4.80. The Morgan fingerprint density at radius 1 is 0.897 bits per heavy atom. The van der Waals surface area contributed by atoms with Crippen LogP contribution in [0.5, 0.6) is 0 Å². The van der Waals surface area contributed by atoms with Crippen molar-refractivity contribution in [1.29, 1.82) is 0 Å². The molecule has 0 heterocycles. The van der Waals surface area contributed by atoms with E-state index in [1.165, 1.54) is 36.4 Å². The molecule has 0 amide bonds. The Bertz CT molecular complexity index is 893. The molecule has 29 heavy (non-hydrogen) atoms. The van der Waals surface area contributed by atoms with E-state index in [9.17, 15) is 34.5 Å². The number of esters is 1. The van der Waals surface area contributed by atoms with Crippen LogP contribution in [0, 0.1) is 0 Å². The van der Waals surface area contributed by atoms with Gasteiger partial charge in [-0.2, -0.15) is 0 Å². The first kappa shape index (κ1) is 22.1. The predicted molar refractivity (Wildman–Crippen MR) is 100 cm³/mol. The van der Waals surface area contributed by atoms with Crippen LogP contribution in [0.4, 0.5) is 0 Å². The van der Waals surface area contributed by atoms with Gasteiger partial charge in [-0.1, -0.05) is 48.5 Å². The minimum absolute atomic E-state index is 0.126. The number of aliphatic hydroxyl groups excluding tert-OH is 2. The lowest BCUT2D eigenvalue weighted by atomic mass is 9.80. The van der Waals surface area contributed by atoms with Crippen LogP contribution in [-0.2, 0) is 14.3 Å². The quantitative estimate of drug-likeness (QED) is 0.311. The monoisotopic (exact) mass is 400 g/mol. The zero-order valence-electron chi connectivity index (χ0n) is 15.5. The van der Waals surface area contributed by atoms with E-state index in [4.69, 9.17) is 4.74 Å². The van der Waals surface area contributed by atoms with Crippen LogP contribution in [0.2, 0.25) is 0 Å². The van der Waals surface area contributed by atoms with Gasteiger partial charge in [-0.25, -0.2) is 4.79 Å². The van der Waals surface area contributed by atoms with Crippen LogP contribution >= 0.6 is 0 Å². The topological polar surface area (TPSA) is 138 Å². The molecule has 2 aromatic rings. The second kappa shape index (κ2) is 9.33. The number of ketones is 3. The van der Waals surface area contributed by atoms with E-state index in [2.05, 4.69) is 0 Å². The van der Waals surface area contributed by atoms with Gasteiger partial charge in [-0.3, -0.25) is 14.4 Å². The molecule has 0 aliphatic rings. The molecule has 0 aromatic heterocycles. The van der Waals surface area contributed by atoms with Crippen LogP contribution in [-0.4, -0.2) is 63.1 Å². The molecule has 0 unspecified atom stereocenters. The molecule has 0 spiro atoms. The summed E-state index contributed by atoms with van der Waals surface area (Å²) in [6.45, 7) is -0.0637. The second-order valence-electron chi connectivity index (χ2n) is 6.32. The zero-order chi connectivity index (χ0) is 21.6. The molecule has 0 fully saturated rings. The van der Waals surface area contributed by atoms with Crippen molar-refractivity contribution in [2.45, 2.75) is 24.7 Å². The lowest BCUT2D eigenvalue weighted by molar-refractivity contribution is -0.160. The van der Waals surface area contributed by atoms with Crippen molar-refractivity contribution in [3.63, 3.8) is 0 Å². The Labute approximate surface area is 166 Å². The van der Waals surface area contributed by atoms with Crippen LogP contribution < -0.4 is 0 Å². The van der Waals surface area contributed by atoms with E-state index in [0.717, 1.165) is 6.92 Å². The molecule has 0 aliphatic carbocycles. The van der Waals surface area contributed by atoms with Crippen LogP contribution in [0.3, 0.4) is 0 Å². The van der Waals surface area contributed by atoms with Gasteiger partial charge in [0.2, 0.25) is 5.78 Å². The standard InChI is InChI=1S/C21H20O8/c1-13(22)17(24)19(26)21(28,18(25)14-8-4-2-5-9-14)16(23)12-29-20(27)15-10-6-3-7-11-15/h2-11,16,19,23,26,28H,12H2,1H3/t16-,19+,21+/m1/s1. The van der Waals surface area contributed by atoms with E-state index >= 15 is 0 Å². The highest BCUT2D eigenvalue weighted by atomic mass is 16.5. The fourth-order valence-corrected chi connectivity index (χ4v) is 2.61. The van der Waals surface area contributed by atoms with Crippen molar-refractivity contribution >= 4 is 23.3 Å². The summed E-state index contributed by atoms with van der Waals surface area (Å²) in [7, 11) is 0. The summed E-state index contributed by atoms with van der Waals surface area (Å²) in [6.07, 6.45) is -4.75. The number of aliphatic hydroxyl groups is 3. The lowest BCUT2D eigenvalue weighted by Crippen LogP contribution is -2.63. The van der Waals surface area contributed by atoms with Crippen molar-refractivity contribution in [3.8, 4) is 0 Å². The third-order valence-corrected chi connectivity index (χ3v) is 4.30. The highest BCUT2D eigenvalue weighted by molar-refractivity contribution is 6.39. The van der Waals surface area contributed by atoms with E-state index in [1.807, 2.05) is 0 Å². The minimum atomic E-state index is -3.11. The highest BCUT2D eigenvalue weighted by Crippen LogP contribution is 2.24. The van der Waals surface area contributed by atoms with Crippen LogP contribution in [0.1, 0.15) is 27.6 Å². The number of carbonyl (C=O) groups excluding carboxylic acids is 4. The molecular weight excluding hydrogens is 380 g/mol. The van der Waals surface area contributed by atoms with E-state index in [1.54, 1.807) is 24.3 Å². The Kier molecular flexibility index (Phi) is 7.11. The minimum Gasteiger partial charge on any atom is -0.459 e. The SMILES string of the molecule is CC(=O)C(=O)[C@H](O)[C@@](O)(C(=O)c1ccccc1)[C@H](O)COC(=O)c1ccccc1. The zero-order valence-corrected chi connectivity index (χ0v) is 15.5.